The summed E-state index contributed by atoms with van der Waals surface area (Å²) < 4.78 is 29.8. The molecular formula is C9H13NO5S2. The maximum absolute atomic E-state index is 12.0. The fourth-order valence-corrected chi connectivity index (χ4v) is 3.34. The van der Waals surface area contributed by atoms with Crippen molar-refractivity contribution in [2.45, 2.75) is 4.90 Å². The van der Waals surface area contributed by atoms with Gasteiger partial charge in [-0.15, -0.1) is 11.3 Å². The molecule has 17 heavy (non-hydrogen) atoms. The Labute approximate surface area is 103 Å². The van der Waals surface area contributed by atoms with Gasteiger partial charge in [-0.25, -0.2) is 13.2 Å². The Balaban J connectivity index is 2.92. The minimum absolute atomic E-state index is 0.00139. The average molecular weight is 279 g/mol. The molecular weight excluding hydrogens is 266 g/mol. The number of carboxylic acids is 1. The van der Waals surface area contributed by atoms with Gasteiger partial charge in [-0.3, -0.25) is 0 Å². The van der Waals surface area contributed by atoms with E-state index in [1.165, 1.54) is 19.5 Å². The quantitative estimate of drug-likeness (QED) is 0.829. The average Bonchev–Trinajstić information content (AvgIpc) is 2.75. The van der Waals surface area contributed by atoms with Crippen molar-refractivity contribution in [3.63, 3.8) is 0 Å². The summed E-state index contributed by atoms with van der Waals surface area (Å²) in [5, 5.41) is 10.0. The van der Waals surface area contributed by atoms with Crippen molar-refractivity contribution in [3.8, 4) is 0 Å². The molecule has 8 heteroatoms. The predicted octanol–water partition coefficient (Wildman–Crippen LogP) is 0.713. The minimum atomic E-state index is -3.62. The Hall–Kier alpha value is -0.960. The molecule has 1 heterocycles. The van der Waals surface area contributed by atoms with Crippen LogP contribution in [0.1, 0.15) is 9.67 Å². The summed E-state index contributed by atoms with van der Waals surface area (Å²) in [5.41, 5.74) is 0. The number of thiophene rings is 1. The van der Waals surface area contributed by atoms with E-state index in [0.717, 1.165) is 21.7 Å². The Morgan fingerprint density at radius 1 is 1.59 bits per heavy atom. The first-order valence-electron chi connectivity index (χ1n) is 4.66. The van der Waals surface area contributed by atoms with E-state index in [4.69, 9.17) is 9.84 Å². The Morgan fingerprint density at radius 3 is 2.71 bits per heavy atom. The lowest BCUT2D eigenvalue weighted by molar-refractivity contribution is 0.0702. The fraction of sp³-hybridized carbons (Fsp3) is 0.444. The van der Waals surface area contributed by atoms with Crippen molar-refractivity contribution in [2.75, 3.05) is 27.3 Å². The van der Waals surface area contributed by atoms with Gasteiger partial charge in [0.2, 0.25) is 10.0 Å². The third-order valence-corrected chi connectivity index (χ3v) is 5.01. The second-order valence-corrected chi connectivity index (χ2v) is 6.23. The van der Waals surface area contributed by atoms with Gasteiger partial charge in [0.05, 0.1) is 11.5 Å². The van der Waals surface area contributed by atoms with E-state index >= 15 is 0 Å². The van der Waals surface area contributed by atoms with E-state index in [0.29, 0.717) is 0 Å². The molecule has 0 aliphatic rings. The monoisotopic (exact) mass is 279 g/mol. The second-order valence-electron chi connectivity index (χ2n) is 3.27. The van der Waals surface area contributed by atoms with Crippen molar-refractivity contribution >= 4 is 27.3 Å². The summed E-state index contributed by atoms with van der Waals surface area (Å²) in [4.78, 5) is 10.7. The highest BCUT2D eigenvalue weighted by Crippen LogP contribution is 2.21. The van der Waals surface area contributed by atoms with Crippen LogP contribution < -0.4 is 0 Å². The van der Waals surface area contributed by atoms with Gasteiger partial charge >= 0.3 is 5.97 Å². The summed E-state index contributed by atoms with van der Waals surface area (Å²) in [7, 11) is -0.721. The van der Waals surface area contributed by atoms with Gasteiger partial charge < -0.3 is 9.84 Å². The normalized spacial score (nSPS) is 11.9. The molecule has 6 nitrogen and oxygen atoms in total. The zero-order chi connectivity index (χ0) is 13.1. The number of ether oxygens (including phenoxy) is 1. The first-order valence-corrected chi connectivity index (χ1v) is 6.98. The van der Waals surface area contributed by atoms with Crippen molar-refractivity contribution in [1.29, 1.82) is 0 Å². The first kappa shape index (κ1) is 14.1. The van der Waals surface area contributed by atoms with E-state index in [1.54, 1.807) is 0 Å². The first-order chi connectivity index (χ1) is 7.89. The molecule has 1 N–H and O–H groups in total. The highest BCUT2D eigenvalue weighted by molar-refractivity contribution is 7.89. The van der Waals surface area contributed by atoms with E-state index < -0.39 is 16.0 Å². The Kier molecular flexibility index (Phi) is 4.63. The highest BCUT2D eigenvalue weighted by atomic mass is 32.2. The zero-order valence-electron chi connectivity index (χ0n) is 9.41. The van der Waals surface area contributed by atoms with Gasteiger partial charge in [0, 0.05) is 26.1 Å². The Bertz CT molecular complexity index is 493. The lowest BCUT2D eigenvalue weighted by atomic mass is 10.5. The van der Waals surface area contributed by atoms with Gasteiger partial charge in [-0.2, -0.15) is 4.31 Å². The minimum Gasteiger partial charge on any atom is -0.477 e. The van der Waals surface area contributed by atoms with Crippen molar-refractivity contribution in [2.24, 2.45) is 0 Å². The summed E-state index contributed by atoms with van der Waals surface area (Å²) in [5.74, 6) is -1.13. The third-order valence-electron chi connectivity index (χ3n) is 2.10. The number of carboxylic acid groups (broad SMARTS) is 1. The molecule has 0 aliphatic heterocycles. The van der Waals surface area contributed by atoms with Crippen LogP contribution in [0.4, 0.5) is 0 Å². The highest BCUT2D eigenvalue weighted by Gasteiger charge is 2.23. The lowest BCUT2D eigenvalue weighted by Gasteiger charge is -2.15. The number of hydrogen-bond donors (Lipinski definition) is 1. The van der Waals surface area contributed by atoms with E-state index in [2.05, 4.69) is 0 Å². The van der Waals surface area contributed by atoms with Crippen LogP contribution in [0.15, 0.2) is 16.3 Å². The van der Waals surface area contributed by atoms with Crippen molar-refractivity contribution < 1.29 is 23.1 Å². The van der Waals surface area contributed by atoms with E-state index in [-0.39, 0.29) is 22.9 Å². The zero-order valence-corrected chi connectivity index (χ0v) is 11.0. The molecule has 96 valence electrons. The van der Waals surface area contributed by atoms with Crippen LogP contribution >= 0.6 is 11.3 Å². The largest absolute Gasteiger partial charge is 0.477 e. The number of hydrogen-bond acceptors (Lipinski definition) is 5. The van der Waals surface area contributed by atoms with Gasteiger partial charge in [0.15, 0.2) is 0 Å². The number of nitrogens with zero attached hydrogens (tertiary/aromatic N) is 1. The number of rotatable bonds is 6. The molecule has 0 unspecified atom stereocenters. The van der Waals surface area contributed by atoms with Crippen LogP contribution in [0.25, 0.3) is 0 Å². The van der Waals surface area contributed by atoms with Gasteiger partial charge in [-0.1, -0.05) is 0 Å². The van der Waals surface area contributed by atoms with Crippen LogP contribution in [-0.2, 0) is 14.8 Å². The number of likely N-dealkylation sites (N-methyl/N-ethyl adjacent to an activating group) is 1. The number of methoxy groups -OCH3 is 1. The molecule has 0 fully saturated rings. The lowest BCUT2D eigenvalue weighted by Crippen LogP contribution is -2.29. The van der Waals surface area contributed by atoms with Crippen LogP contribution in [0.2, 0.25) is 0 Å². The van der Waals surface area contributed by atoms with Crippen molar-refractivity contribution in [1.82, 2.24) is 4.31 Å². The van der Waals surface area contributed by atoms with Crippen LogP contribution in [0.5, 0.6) is 0 Å². The molecule has 0 aromatic carbocycles. The molecule has 1 aromatic rings. The van der Waals surface area contributed by atoms with Gasteiger partial charge in [0.1, 0.15) is 4.88 Å². The third kappa shape index (κ3) is 3.25. The topological polar surface area (TPSA) is 83.9 Å². The summed E-state index contributed by atoms with van der Waals surface area (Å²) >= 11 is 0.889. The predicted molar refractivity (Wildman–Crippen MR) is 63.0 cm³/mol. The molecule has 0 atom stereocenters. The summed E-state index contributed by atoms with van der Waals surface area (Å²) in [6, 6.07) is 1.16. The molecule has 0 spiro atoms. The number of aromatic carboxylic acids is 1. The second kappa shape index (κ2) is 5.58. The van der Waals surface area contributed by atoms with Crippen LogP contribution in [0.3, 0.4) is 0 Å². The van der Waals surface area contributed by atoms with E-state index in [9.17, 15) is 13.2 Å². The van der Waals surface area contributed by atoms with Gasteiger partial charge in [-0.05, 0) is 6.07 Å². The maximum atomic E-state index is 12.0. The van der Waals surface area contributed by atoms with Crippen LogP contribution in [-0.4, -0.2) is 51.1 Å². The standard InChI is InChI=1S/C9H13NO5S2/c1-10(3-4-15-2)17(13,14)7-5-8(9(11)12)16-6-7/h5-6H,3-4H2,1-2H3,(H,11,12). The fourth-order valence-electron chi connectivity index (χ4n) is 1.09. The Morgan fingerprint density at radius 2 is 2.24 bits per heavy atom. The summed E-state index contributed by atoms with van der Waals surface area (Å²) in [6.07, 6.45) is 0. The van der Waals surface area contributed by atoms with E-state index in [1.807, 2.05) is 0 Å². The maximum Gasteiger partial charge on any atom is 0.345 e. The van der Waals surface area contributed by atoms with Gasteiger partial charge in [0.25, 0.3) is 0 Å². The molecule has 0 radical (unpaired) electrons. The van der Waals surface area contributed by atoms with Crippen LogP contribution in [0, 0.1) is 0 Å². The molecule has 1 aromatic heterocycles. The molecule has 0 aliphatic carbocycles. The molecule has 1 rings (SSSR count). The SMILES string of the molecule is COCCN(C)S(=O)(=O)c1csc(C(=O)O)c1. The van der Waals surface area contributed by atoms with Crippen molar-refractivity contribution in [3.05, 3.63) is 16.3 Å². The number of carbonyl (C=O) groups is 1. The molecule has 0 saturated heterocycles. The molecule has 0 bridgehead atoms. The smallest absolute Gasteiger partial charge is 0.345 e. The molecule has 0 amide bonds. The summed E-state index contributed by atoms with van der Waals surface area (Å²) in [6.45, 7) is 0.503. The number of sulfonamides is 1. The molecule has 0 saturated carbocycles.